The van der Waals surface area contributed by atoms with E-state index in [1.807, 2.05) is 0 Å². The molecule has 0 aromatic carbocycles. The van der Waals surface area contributed by atoms with Crippen molar-refractivity contribution in [2.75, 3.05) is 18.6 Å². The quantitative estimate of drug-likeness (QED) is 0.814. The molecule has 2 atom stereocenters. The SMILES string of the molecule is COC1CC(NC2CCS(=O)CC2)C1(C)C. The summed E-state index contributed by atoms with van der Waals surface area (Å²) in [5.74, 6) is 1.75. The van der Waals surface area contributed by atoms with Gasteiger partial charge in [0, 0.05) is 46.9 Å². The minimum Gasteiger partial charge on any atom is -0.381 e. The van der Waals surface area contributed by atoms with Crippen molar-refractivity contribution in [2.24, 2.45) is 5.41 Å². The number of nitrogens with one attached hydrogen (secondary N) is 1. The molecule has 0 aromatic heterocycles. The predicted molar refractivity (Wildman–Crippen MR) is 67.0 cm³/mol. The summed E-state index contributed by atoms with van der Waals surface area (Å²) in [6.07, 6.45) is 3.64. The van der Waals surface area contributed by atoms with Crippen LogP contribution in [0.4, 0.5) is 0 Å². The Morgan fingerprint density at radius 1 is 1.31 bits per heavy atom. The molecule has 2 rings (SSSR count). The fourth-order valence-corrected chi connectivity index (χ4v) is 4.11. The molecule has 1 saturated heterocycles. The van der Waals surface area contributed by atoms with E-state index in [-0.39, 0.29) is 5.41 Å². The van der Waals surface area contributed by atoms with E-state index in [4.69, 9.17) is 4.74 Å². The zero-order valence-electron chi connectivity index (χ0n) is 10.5. The van der Waals surface area contributed by atoms with E-state index in [2.05, 4.69) is 19.2 Å². The molecule has 1 aliphatic heterocycles. The van der Waals surface area contributed by atoms with Crippen LogP contribution in [-0.4, -0.2) is 41.0 Å². The second-order valence-electron chi connectivity index (χ2n) is 5.62. The second-order valence-corrected chi connectivity index (χ2v) is 7.32. The van der Waals surface area contributed by atoms with Gasteiger partial charge in [-0.3, -0.25) is 4.21 Å². The minimum atomic E-state index is -0.552. The van der Waals surface area contributed by atoms with Gasteiger partial charge in [0.05, 0.1) is 6.10 Å². The van der Waals surface area contributed by atoms with Gasteiger partial charge in [-0.25, -0.2) is 0 Å². The lowest BCUT2D eigenvalue weighted by Gasteiger charge is -2.52. The standard InChI is InChI=1S/C12H23NO2S/c1-12(2)10(8-11(12)15-3)13-9-4-6-16(14)7-5-9/h9-11,13H,4-8H2,1-3H3. The number of hydrogen-bond donors (Lipinski definition) is 1. The van der Waals surface area contributed by atoms with Crippen molar-refractivity contribution in [2.45, 2.75) is 51.3 Å². The van der Waals surface area contributed by atoms with Gasteiger partial charge in [-0.15, -0.1) is 0 Å². The summed E-state index contributed by atoms with van der Waals surface area (Å²) in [6.45, 7) is 4.53. The summed E-state index contributed by atoms with van der Waals surface area (Å²) in [6, 6.07) is 1.13. The van der Waals surface area contributed by atoms with Crippen LogP contribution in [0.1, 0.15) is 33.1 Å². The zero-order chi connectivity index (χ0) is 11.8. The zero-order valence-corrected chi connectivity index (χ0v) is 11.3. The normalized spacial score (nSPS) is 42.7. The molecule has 1 N–H and O–H groups in total. The van der Waals surface area contributed by atoms with E-state index in [0.717, 1.165) is 30.8 Å². The van der Waals surface area contributed by atoms with Crippen LogP contribution >= 0.6 is 0 Å². The maximum Gasteiger partial charge on any atom is 0.0652 e. The topological polar surface area (TPSA) is 38.3 Å². The van der Waals surface area contributed by atoms with Crippen LogP contribution in [0.3, 0.4) is 0 Å². The Morgan fingerprint density at radius 2 is 1.94 bits per heavy atom. The molecule has 4 heteroatoms. The van der Waals surface area contributed by atoms with Crippen LogP contribution in [0.15, 0.2) is 0 Å². The van der Waals surface area contributed by atoms with Crippen LogP contribution in [0.25, 0.3) is 0 Å². The molecule has 94 valence electrons. The molecule has 3 nitrogen and oxygen atoms in total. The third-order valence-corrected chi connectivity index (χ3v) is 5.67. The summed E-state index contributed by atoms with van der Waals surface area (Å²) in [5.41, 5.74) is 0.241. The highest BCUT2D eigenvalue weighted by atomic mass is 32.2. The first-order chi connectivity index (χ1) is 7.54. The van der Waals surface area contributed by atoms with E-state index in [0.29, 0.717) is 18.2 Å². The van der Waals surface area contributed by atoms with Gasteiger partial charge in [0.25, 0.3) is 0 Å². The second kappa shape index (κ2) is 4.75. The Morgan fingerprint density at radius 3 is 2.44 bits per heavy atom. The largest absolute Gasteiger partial charge is 0.381 e. The van der Waals surface area contributed by atoms with Crippen LogP contribution in [0.5, 0.6) is 0 Å². The van der Waals surface area contributed by atoms with E-state index in [1.165, 1.54) is 0 Å². The Kier molecular flexibility index (Phi) is 3.72. The Labute approximate surface area is 101 Å². The molecule has 0 spiro atoms. The molecule has 2 fully saturated rings. The predicted octanol–water partition coefficient (Wildman–Crippen LogP) is 1.30. The van der Waals surface area contributed by atoms with Crippen molar-refractivity contribution in [1.82, 2.24) is 5.32 Å². The molecular formula is C12H23NO2S. The average molecular weight is 245 g/mol. The van der Waals surface area contributed by atoms with Crippen molar-refractivity contribution in [1.29, 1.82) is 0 Å². The molecule has 1 saturated carbocycles. The van der Waals surface area contributed by atoms with Crippen molar-refractivity contribution >= 4 is 10.8 Å². The number of ether oxygens (including phenoxy) is 1. The maximum absolute atomic E-state index is 11.3. The van der Waals surface area contributed by atoms with Crippen LogP contribution in [0, 0.1) is 5.41 Å². The number of hydrogen-bond acceptors (Lipinski definition) is 3. The number of methoxy groups -OCH3 is 1. The van der Waals surface area contributed by atoms with Gasteiger partial charge in [0.15, 0.2) is 0 Å². The lowest BCUT2D eigenvalue weighted by molar-refractivity contribution is -0.100. The van der Waals surface area contributed by atoms with Gasteiger partial charge in [-0.1, -0.05) is 13.8 Å². The van der Waals surface area contributed by atoms with E-state index in [9.17, 15) is 4.21 Å². The highest BCUT2D eigenvalue weighted by Gasteiger charge is 2.48. The molecule has 1 aliphatic carbocycles. The molecule has 0 radical (unpaired) electrons. The van der Waals surface area contributed by atoms with Crippen molar-refractivity contribution in [3.63, 3.8) is 0 Å². The summed E-state index contributed by atoms with van der Waals surface area (Å²) >= 11 is 0. The molecule has 1 heterocycles. The van der Waals surface area contributed by atoms with Crippen LogP contribution in [0.2, 0.25) is 0 Å². The maximum atomic E-state index is 11.3. The molecular weight excluding hydrogens is 222 g/mol. The molecule has 0 amide bonds. The van der Waals surface area contributed by atoms with Gasteiger partial charge in [-0.2, -0.15) is 0 Å². The van der Waals surface area contributed by atoms with Gasteiger partial charge in [0.1, 0.15) is 0 Å². The van der Waals surface area contributed by atoms with E-state index < -0.39 is 10.8 Å². The molecule has 16 heavy (non-hydrogen) atoms. The van der Waals surface area contributed by atoms with Crippen molar-refractivity contribution < 1.29 is 8.95 Å². The lowest BCUT2D eigenvalue weighted by atomic mass is 9.64. The first kappa shape index (κ1) is 12.5. The van der Waals surface area contributed by atoms with Gasteiger partial charge < -0.3 is 10.1 Å². The smallest absolute Gasteiger partial charge is 0.0652 e. The van der Waals surface area contributed by atoms with Gasteiger partial charge >= 0.3 is 0 Å². The first-order valence-corrected chi connectivity index (χ1v) is 7.66. The fraction of sp³-hybridized carbons (Fsp3) is 1.00. The molecule has 0 aromatic rings. The van der Waals surface area contributed by atoms with Crippen LogP contribution < -0.4 is 5.32 Å². The Balaban J connectivity index is 1.81. The summed E-state index contributed by atoms with van der Waals surface area (Å²) in [5, 5.41) is 3.72. The van der Waals surface area contributed by atoms with Gasteiger partial charge in [0.2, 0.25) is 0 Å². The monoisotopic (exact) mass is 245 g/mol. The highest BCUT2D eigenvalue weighted by molar-refractivity contribution is 7.85. The minimum absolute atomic E-state index is 0.241. The third kappa shape index (κ3) is 2.34. The first-order valence-electron chi connectivity index (χ1n) is 6.18. The molecule has 2 unspecified atom stereocenters. The Hall–Kier alpha value is 0.0700. The lowest BCUT2D eigenvalue weighted by Crippen LogP contribution is -2.63. The van der Waals surface area contributed by atoms with Crippen molar-refractivity contribution in [3.05, 3.63) is 0 Å². The fourth-order valence-electron chi connectivity index (χ4n) is 2.81. The molecule has 2 aliphatic rings. The summed E-state index contributed by atoms with van der Waals surface area (Å²) in [7, 11) is 1.25. The van der Waals surface area contributed by atoms with Crippen LogP contribution in [-0.2, 0) is 15.5 Å². The summed E-state index contributed by atoms with van der Waals surface area (Å²) in [4.78, 5) is 0. The Bertz CT molecular complexity index is 270. The van der Waals surface area contributed by atoms with E-state index in [1.54, 1.807) is 7.11 Å². The molecule has 0 bridgehead atoms. The number of rotatable bonds is 3. The highest BCUT2D eigenvalue weighted by Crippen LogP contribution is 2.42. The van der Waals surface area contributed by atoms with E-state index >= 15 is 0 Å². The van der Waals surface area contributed by atoms with Gasteiger partial charge in [-0.05, 0) is 19.3 Å². The third-order valence-electron chi connectivity index (χ3n) is 4.29. The summed E-state index contributed by atoms with van der Waals surface area (Å²) < 4.78 is 16.7. The average Bonchev–Trinajstić information content (AvgIpc) is 2.26. The van der Waals surface area contributed by atoms with Crippen molar-refractivity contribution in [3.8, 4) is 0 Å².